The zero-order chi connectivity index (χ0) is 23.7. The third-order valence-corrected chi connectivity index (χ3v) is 6.50. The monoisotopic (exact) mass is 467 g/mol. The second kappa shape index (κ2) is 9.60. The molecule has 1 aliphatic heterocycles. The molecule has 1 aliphatic carbocycles. The summed E-state index contributed by atoms with van der Waals surface area (Å²) in [6.07, 6.45) is 0.869. The van der Waals surface area contributed by atoms with Crippen LogP contribution in [0.25, 0.3) is 0 Å². The Bertz CT molecular complexity index is 1140. The molecule has 0 saturated heterocycles. The predicted octanol–water partition coefficient (Wildman–Crippen LogP) is 6.25. The molecule has 0 saturated carbocycles. The zero-order valence-electron chi connectivity index (χ0n) is 19.0. The van der Waals surface area contributed by atoms with Crippen LogP contribution in [-0.2, 0) is 14.3 Å². The van der Waals surface area contributed by atoms with E-state index in [1.165, 1.54) is 12.1 Å². The van der Waals surface area contributed by atoms with Crippen molar-refractivity contribution in [1.82, 2.24) is 0 Å². The number of ketones is 1. The van der Waals surface area contributed by atoms with E-state index in [0.29, 0.717) is 40.4 Å². The van der Waals surface area contributed by atoms with Gasteiger partial charge in [0.05, 0.1) is 6.61 Å². The number of carbonyl (C=O) groups excluding carboxylic acids is 2. The first-order valence-corrected chi connectivity index (χ1v) is 11.6. The van der Waals surface area contributed by atoms with E-state index in [9.17, 15) is 14.0 Å². The molecule has 33 heavy (non-hydrogen) atoms. The molecule has 4 rings (SSSR count). The lowest BCUT2D eigenvalue weighted by Crippen LogP contribution is -2.38. The molecule has 2 aromatic rings. The lowest BCUT2D eigenvalue weighted by molar-refractivity contribution is -0.147. The Kier molecular flexibility index (Phi) is 6.80. The maximum absolute atomic E-state index is 14.2. The van der Waals surface area contributed by atoms with Crippen molar-refractivity contribution < 1.29 is 18.7 Å². The highest BCUT2D eigenvalue weighted by Crippen LogP contribution is 2.47. The molecule has 1 heterocycles. The molecule has 0 spiro atoms. The summed E-state index contributed by atoms with van der Waals surface area (Å²) in [7, 11) is 0. The van der Waals surface area contributed by atoms with Crippen LogP contribution in [0.5, 0.6) is 0 Å². The molecule has 3 atom stereocenters. The smallest absolute Gasteiger partial charge is 0.315 e. The highest BCUT2D eigenvalue weighted by molar-refractivity contribution is 6.30. The largest absolute Gasteiger partial charge is 0.465 e. The Hall–Kier alpha value is -2.79. The summed E-state index contributed by atoms with van der Waals surface area (Å²) in [4.78, 5) is 31.4. The molecule has 0 aromatic heterocycles. The maximum Gasteiger partial charge on any atom is 0.315 e. The highest BCUT2D eigenvalue weighted by Gasteiger charge is 2.44. The molecule has 0 radical (unpaired) electrons. The van der Waals surface area contributed by atoms with Crippen LogP contribution in [0.1, 0.15) is 56.6 Å². The molecule has 0 fully saturated rings. The Morgan fingerprint density at radius 3 is 2.55 bits per heavy atom. The summed E-state index contributed by atoms with van der Waals surface area (Å²) >= 11 is 6.03. The number of carbonyl (C=O) groups is 2. The number of ether oxygens (including phenoxy) is 1. The molecule has 2 aliphatic rings. The predicted molar refractivity (Wildman–Crippen MR) is 127 cm³/mol. The topological polar surface area (TPSA) is 55.7 Å². The fourth-order valence-electron chi connectivity index (χ4n) is 4.73. The summed E-state index contributed by atoms with van der Waals surface area (Å²) in [5.74, 6) is -2.14. The van der Waals surface area contributed by atoms with Crippen molar-refractivity contribution >= 4 is 29.1 Å². The van der Waals surface area contributed by atoms with Gasteiger partial charge in [0.25, 0.3) is 0 Å². The maximum atomic E-state index is 14.2. The van der Waals surface area contributed by atoms with Gasteiger partial charge in [-0.3, -0.25) is 14.6 Å². The van der Waals surface area contributed by atoms with Crippen LogP contribution in [0.4, 0.5) is 4.39 Å². The number of rotatable bonds is 5. The highest BCUT2D eigenvalue weighted by atomic mass is 35.5. The lowest BCUT2D eigenvalue weighted by Gasteiger charge is -2.36. The Labute approximate surface area is 198 Å². The number of hydrogen-bond donors (Lipinski definition) is 0. The molecule has 0 amide bonds. The quantitative estimate of drug-likeness (QED) is 0.488. The molecule has 4 nitrogen and oxygen atoms in total. The Morgan fingerprint density at radius 2 is 1.88 bits per heavy atom. The van der Waals surface area contributed by atoms with Crippen LogP contribution in [0.2, 0.25) is 5.02 Å². The van der Waals surface area contributed by atoms with Gasteiger partial charge in [-0.25, -0.2) is 4.39 Å². The number of benzene rings is 2. The SMILES string of the molecule is CC1=NC2=C(C(=O)C[C@@H](c3ccc(Cl)cc3)C2)[C@@H](c2cccc(F)c2)C1C(=O)OCC(C)C. The average molecular weight is 468 g/mol. The van der Waals surface area contributed by atoms with Gasteiger partial charge in [0.2, 0.25) is 0 Å². The Morgan fingerprint density at radius 1 is 1.15 bits per heavy atom. The van der Waals surface area contributed by atoms with Crippen LogP contribution in [0.3, 0.4) is 0 Å². The number of halogens is 2. The van der Waals surface area contributed by atoms with Crippen LogP contribution in [0, 0.1) is 17.7 Å². The second-order valence-electron chi connectivity index (χ2n) is 9.23. The van der Waals surface area contributed by atoms with E-state index in [1.54, 1.807) is 19.1 Å². The van der Waals surface area contributed by atoms with Crippen molar-refractivity contribution in [2.45, 2.75) is 45.4 Å². The van der Waals surface area contributed by atoms with Crippen LogP contribution in [-0.4, -0.2) is 24.1 Å². The first-order chi connectivity index (χ1) is 15.7. The number of Topliss-reactive ketones (excluding diaryl/α,β-unsaturated/α-hetero) is 1. The Balaban J connectivity index is 1.76. The van der Waals surface area contributed by atoms with Crippen molar-refractivity contribution in [3.05, 3.63) is 81.8 Å². The van der Waals surface area contributed by atoms with E-state index in [4.69, 9.17) is 21.3 Å². The van der Waals surface area contributed by atoms with Gasteiger partial charge in [0.1, 0.15) is 11.7 Å². The molecule has 0 bridgehead atoms. The minimum Gasteiger partial charge on any atom is -0.465 e. The van der Waals surface area contributed by atoms with E-state index in [0.717, 1.165) is 5.56 Å². The van der Waals surface area contributed by atoms with Gasteiger partial charge in [0, 0.05) is 34.3 Å². The van der Waals surface area contributed by atoms with Gasteiger partial charge in [-0.1, -0.05) is 49.7 Å². The molecular formula is C27H27ClFNO3. The number of aliphatic imine (C=N–C) groups is 1. The summed E-state index contributed by atoms with van der Waals surface area (Å²) in [5, 5.41) is 0.640. The number of nitrogens with zero attached hydrogens (tertiary/aromatic N) is 1. The molecule has 6 heteroatoms. The molecule has 0 N–H and O–H groups in total. The van der Waals surface area contributed by atoms with E-state index in [1.807, 2.05) is 38.1 Å². The second-order valence-corrected chi connectivity index (χ2v) is 9.66. The van der Waals surface area contributed by atoms with Crippen molar-refractivity contribution in [3.63, 3.8) is 0 Å². The van der Waals surface area contributed by atoms with Crippen LogP contribution < -0.4 is 0 Å². The summed E-state index contributed by atoms with van der Waals surface area (Å²) in [6.45, 7) is 5.98. The lowest BCUT2D eigenvalue weighted by atomic mass is 9.69. The molecular weight excluding hydrogens is 441 g/mol. The standard InChI is InChI=1S/C27H27ClFNO3/c1-15(2)14-33-27(32)24-16(3)30-22-12-19(17-7-9-20(28)10-8-17)13-23(31)26(22)25(24)18-5-4-6-21(29)11-18/h4-11,15,19,24-25H,12-14H2,1-3H3/t19-,24?,25-/m0/s1. The van der Waals surface area contributed by atoms with E-state index in [-0.39, 0.29) is 24.2 Å². The third kappa shape index (κ3) is 4.93. The van der Waals surface area contributed by atoms with Gasteiger partial charge in [0.15, 0.2) is 5.78 Å². The van der Waals surface area contributed by atoms with Gasteiger partial charge >= 0.3 is 5.97 Å². The summed E-state index contributed by atoms with van der Waals surface area (Å²) in [6, 6.07) is 13.6. The normalized spacial score (nSPS) is 22.8. The number of esters is 1. The van der Waals surface area contributed by atoms with Crippen LogP contribution in [0.15, 0.2) is 64.8 Å². The number of hydrogen-bond acceptors (Lipinski definition) is 4. The van der Waals surface area contributed by atoms with Crippen molar-refractivity contribution in [3.8, 4) is 0 Å². The van der Waals surface area contributed by atoms with E-state index in [2.05, 4.69) is 0 Å². The van der Waals surface area contributed by atoms with Crippen molar-refractivity contribution in [1.29, 1.82) is 0 Å². The summed E-state index contributed by atoms with van der Waals surface area (Å²) < 4.78 is 19.7. The fraction of sp³-hybridized carbons (Fsp3) is 0.370. The fourth-order valence-corrected chi connectivity index (χ4v) is 4.86. The van der Waals surface area contributed by atoms with Gasteiger partial charge in [-0.15, -0.1) is 0 Å². The van der Waals surface area contributed by atoms with Crippen LogP contribution >= 0.6 is 11.6 Å². The zero-order valence-corrected chi connectivity index (χ0v) is 19.7. The first-order valence-electron chi connectivity index (χ1n) is 11.2. The van der Waals surface area contributed by atoms with E-state index < -0.39 is 23.6 Å². The third-order valence-electron chi connectivity index (χ3n) is 6.25. The van der Waals surface area contributed by atoms with Crippen molar-refractivity contribution in [2.24, 2.45) is 16.8 Å². The molecule has 2 aromatic carbocycles. The number of allylic oxidation sites excluding steroid dienone is 2. The van der Waals surface area contributed by atoms with E-state index >= 15 is 0 Å². The van der Waals surface area contributed by atoms with Crippen molar-refractivity contribution in [2.75, 3.05) is 6.61 Å². The first kappa shape index (κ1) is 23.4. The molecule has 172 valence electrons. The minimum absolute atomic E-state index is 0.0253. The average Bonchev–Trinajstić information content (AvgIpc) is 2.76. The van der Waals surface area contributed by atoms with Gasteiger partial charge in [-0.05, 0) is 60.6 Å². The van der Waals surface area contributed by atoms with Gasteiger partial charge < -0.3 is 4.74 Å². The minimum atomic E-state index is -0.764. The van der Waals surface area contributed by atoms with Gasteiger partial charge in [-0.2, -0.15) is 0 Å². The molecule has 1 unspecified atom stereocenters. The summed E-state index contributed by atoms with van der Waals surface area (Å²) in [5.41, 5.74) is 3.37.